The molecule has 1 aliphatic heterocycles. The van der Waals surface area contributed by atoms with E-state index in [1.807, 2.05) is 31.2 Å². The molecule has 12 heteroatoms. The molecule has 1 fully saturated rings. The molecule has 1 aromatic rings. The van der Waals surface area contributed by atoms with Gasteiger partial charge in [0, 0.05) is 0 Å². The van der Waals surface area contributed by atoms with E-state index in [2.05, 4.69) is 33.9 Å². The third kappa shape index (κ3) is 7.13. The van der Waals surface area contributed by atoms with Gasteiger partial charge in [-0.15, -0.1) is 0 Å². The highest BCUT2D eigenvalue weighted by atomic mass is 32.2. The van der Waals surface area contributed by atoms with Crippen molar-refractivity contribution >= 4 is 31.7 Å². The molecule has 0 radical (unpaired) electrons. The average molecular weight is 538 g/mol. The maximum absolute atomic E-state index is 13.9. The average Bonchev–Trinajstić information content (AvgIpc) is 2.68. The van der Waals surface area contributed by atoms with Crippen LogP contribution in [0.1, 0.15) is 40.2 Å². The van der Waals surface area contributed by atoms with Crippen LogP contribution in [0.15, 0.2) is 24.3 Å². The largest absolute Gasteiger partial charge is 0.409 e. The fraction of sp³-hybridized carbons (Fsp3) is 0.727. The van der Waals surface area contributed by atoms with Gasteiger partial charge in [-0.25, -0.2) is 0 Å². The van der Waals surface area contributed by atoms with Crippen molar-refractivity contribution in [2.75, 3.05) is 31.1 Å². The molecule has 0 saturated carbocycles. The minimum atomic E-state index is -3.97. The zero-order valence-corrected chi connectivity index (χ0v) is 24.4. The Morgan fingerprint density at radius 1 is 1.15 bits per heavy atom. The topological polar surface area (TPSA) is 101 Å². The molecule has 1 heterocycles. The van der Waals surface area contributed by atoms with Crippen LogP contribution in [0.5, 0.6) is 0 Å². The second-order valence-corrected chi connectivity index (χ2v) is 18.4. The van der Waals surface area contributed by atoms with Gasteiger partial charge in [0.25, 0.3) is 10.1 Å². The van der Waals surface area contributed by atoms with Crippen molar-refractivity contribution < 1.29 is 35.5 Å². The summed E-state index contributed by atoms with van der Waals surface area (Å²) in [7, 11) is -10.3. The monoisotopic (exact) mass is 537 g/mol. The van der Waals surface area contributed by atoms with Crippen LogP contribution < -0.4 is 5.06 Å². The molecule has 0 aromatic heterocycles. The first kappa shape index (κ1) is 29.4. The molecule has 34 heavy (non-hydrogen) atoms. The summed E-state index contributed by atoms with van der Waals surface area (Å²) in [6.07, 6.45) is -1.05. The number of hydrogen-bond donors (Lipinski definition) is 0. The minimum absolute atomic E-state index is 0.0842. The quantitative estimate of drug-likeness (QED) is 0.230. The SMILES string of the molecule is CCOP(=O)(OCC)[C@H]1ON(c2ccccc2C)C[C@H](O[Si](C)(C)C(C)(C)C)[C@@H]1OS(C)(=O)=O. The molecule has 0 bridgehead atoms. The summed E-state index contributed by atoms with van der Waals surface area (Å²) in [5, 5.41) is 1.43. The lowest BCUT2D eigenvalue weighted by atomic mass is 10.1. The molecule has 0 spiro atoms. The Hall–Kier alpha value is -0.783. The van der Waals surface area contributed by atoms with Crippen molar-refractivity contribution in [1.82, 2.24) is 0 Å². The standard InChI is InChI=1S/C22H40NO8PSSi/c1-10-27-32(24,28-11-2)21-20(30-33(7,25)26)19(31-34(8,9)22(4,5)6)16-23(29-21)18-15-13-12-14-17(18)3/h12-15,19-21H,10-11,16H2,1-9H3/t19-,20-,21+/m0/s1. The Labute approximate surface area is 205 Å². The third-order valence-electron chi connectivity index (χ3n) is 6.08. The molecule has 0 unspecified atom stereocenters. The van der Waals surface area contributed by atoms with Crippen LogP contribution in [0.25, 0.3) is 0 Å². The van der Waals surface area contributed by atoms with Crippen LogP contribution in [0.3, 0.4) is 0 Å². The van der Waals surface area contributed by atoms with Crippen molar-refractivity contribution in [1.29, 1.82) is 0 Å². The number of aryl methyl sites for hydroxylation is 1. The van der Waals surface area contributed by atoms with Crippen molar-refractivity contribution in [2.24, 2.45) is 0 Å². The summed E-state index contributed by atoms with van der Waals surface area (Å²) < 4.78 is 61.8. The van der Waals surface area contributed by atoms with E-state index in [1.165, 1.54) is 0 Å². The van der Waals surface area contributed by atoms with Crippen LogP contribution in [0, 0.1) is 6.92 Å². The van der Waals surface area contributed by atoms with Gasteiger partial charge in [-0.05, 0) is 50.5 Å². The van der Waals surface area contributed by atoms with Crippen molar-refractivity contribution in [3.05, 3.63) is 29.8 Å². The number of anilines is 1. The van der Waals surface area contributed by atoms with Gasteiger partial charge in [0.15, 0.2) is 8.32 Å². The van der Waals surface area contributed by atoms with Crippen molar-refractivity contribution in [3.63, 3.8) is 0 Å². The first-order valence-corrected chi connectivity index (χ1v) is 17.8. The summed E-state index contributed by atoms with van der Waals surface area (Å²) in [6, 6.07) is 7.58. The lowest BCUT2D eigenvalue weighted by Crippen LogP contribution is -2.60. The lowest BCUT2D eigenvalue weighted by Gasteiger charge is -2.48. The molecule has 1 aromatic carbocycles. The van der Waals surface area contributed by atoms with Gasteiger partial charge in [-0.3, -0.25) is 18.6 Å². The Morgan fingerprint density at radius 3 is 2.18 bits per heavy atom. The molecule has 196 valence electrons. The van der Waals surface area contributed by atoms with Gasteiger partial charge < -0.3 is 13.5 Å². The van der Waals surface area contributed by atoms with Crippen LogP contribution in [0.2, 0.25) is 18.1 Å². The van der Waals surface area contributed by atoms with Crippen molar-refractivity contribution in [3.8, 4) is 0 Å². The van der Waals surface area contributed by atoms with Crippen LogP contribution >= 0.6 is 7.60 Å². The maximum Gasteiger partial charge on any atom is 0.364 e. The maximum atomic E-state index is 13.9. The number of hydroxylamine groups is 1. The molecule has 0 N–H and O–H groups in total. The van der Waals surface area contributed by atoms with E-state index in [1.54, 1.807) is 18.9 Å². The predicted molar refractivity (Wildman–Crippen MR) is 136 cm³/mol. The van der Waals surface area contributed by atoms with E-state index in [-0.39, 0.29) is 24.8 Å². The summed E-state index contributed by atoms with van der Waals surface area (Å²) >= 11 is 0. The Balaban J connectivity index is 2.66. The minimum Gasteiger partial charge on any atom is -0.409 e. The van der Waals surface area contributed by atoms with E-state index in [4.69, 9.17) is 22.5 Å². The van der Waals surface area contributed by atoms with Gasteiger partial charge in [0.05, 0.1) is 37.8 Å². The molecule has 0 amide bonds. The molecule has 1 saturated heterocycles. The van der Waals surface area contributed by atoms with Gasteiger partial charge >= 0.3 is 7.60 Å². The van der Waals surface area contributed by atoms with Gasteiger partial charge in [-0.1, -0.05) is 39.0 Å². The zero-order valence-electron chi connectivity index (χ0n) is 21.7. The molecule has 3 atom stereocenters. The summed E-state index contributed by atoms with van der Waals surface area (Å²) in [5.74, 6) is -1.36. The Morgan fingerprint density at radius 2 is 1.71 bits per heavy atom. The Bertz CT molecular complexity index is 971. The number of nitrogens with zero attached hydrogens (tertiary/aromatic N) is 1. The van der Waals surface area contributed by atoms with Crippen LogP contribution in [-0.4, -0.2) is 60.8 Å². The number of rotatable bonds is 10. The molecular formula is C22H40NO8PSSi. The predicted octanol–water partition coefficient (Wildman–Crippen LogP) is 5.07. The fourth-order valence-corrected chi connectivity index (χ4v) is 7.40. The van der Waals surface area contributed by atoms with E-state index >= 15 is 0 Å². The van der Waals surface area contributed by atoms with Gasteiger partial charge in [0.2, 0.25) is 5.85 Å². The highest BCUT2D eigenvalue weighted by Gasteiger charge is 2.55. The highest BCUT2D eigenvalue weighted by molar-refractivity contribution is 7.86. The van der Waals surface area contributed by atoms with Crippen LogP contribution in [-0.2, 0) is 37.2 Å². The summed E-state index contributed by atoms with van der Waals surface area (Å²) in [5.41, 5.74) is 1.67. The smallest absolute Gasteiger partial charge is 0.364 e. The van der Waals surface area contributed by atoms with E-state index < -0.39 is 44.1 Å². The van der Waals surface area contributed by atoms with Crippen molar-refractivity contribution in [2.45, 2.75) is 77.7 Å². The van der Waals surface area contributed by atoms with Gasteiger partial charge in [-0.2, -0.15) is 8.42 Å². The normalized spacial score (nSPS) is 22.7. The second kappa shape index (κ2) is 11.1. The summed E-state index contributed by atoms with van der Waals surface area (Å²) in [4.78, 5) is 6.18. The Kier molecular flexibility index (Phi) is 9.60. The molecular weight excluding hydrogens is 497 g/mol. The summed E-state index contributed by atoms with van der Waals surface area (Å²) in [6.45, 7) is 16.0. The first-order chi connectivity index (χ1) is 15.5. The number of hydrogen-bond acceptors (Lipinski definition) is 9. The van der Waals surface area contributed by atoms with Gasteiger partial charge in [0.1, 0.15) is 6.10 Å². The molecule has 0 aliphatic carbocycles. The lowest BCUT2D eigenvalue weighted by molar-refractivity contribution is -0.0968. The van der Waals surface area contributed by atoms with E-state index in [0.717, 1.165) is 17.5 Å². The number of benzene rings is 1. The first-order valence-electron chi connectivity index (χ1n) is 11.5. The highest BCUT2D eigenvalue weighted by Crippen LogP contribution is 2.57. The van der Waals surface area contributed by atoms with Crippen LogP contribution in [0.4, 0.5) is 5.69 Å². The van der Waals surface area contributed by atoms with E-state index in [0.29, 0.717) is 0 Å². The number of para-hydroxylation sites is 1. The third-order valence-corrected chi connectivity index (χ3v) is 13.4. The second-order valence-electron chi connectivity index (χ2n) is 9.90. The molecule has 1 aliphatic rings. The van der Waals surface area contributed by atoms with E-state index in [9.17, 15) is 13.0 Å². The molecule has 9 nitrogen and oxygen atoms in total. The molecule has 2 rings (SSSR count). The fourth-order valence-electron chi connectivity index (χ4n) is 3.44. The zero-order chi connectivity index (χ0) is 25.9.